The van der Waals surface area contributed by atoms with Crippen molar-refractivity contribution in [1.29, 1.82) is 5.26 Å². The van der Waals surface area contributed by atoms with Gasteiger partial charge in [0.15, 0.2) is 0 Å². The van der Waals surface area contributed by atoms with Crippen LogP contribution in [0.2, 0.25) is 0 Å². The van der Waals surface area contributed by atoms with E-state index in [1.54, 1.807) is 0 Å². The summed E-state index contributed by atoms with van der Waals surface area (Å²) in [5, 5.41) is 9.45. The molecule has 3 heterocycles. The largest absolute Gasteiger partial charge is 0.365 e. The maximum atomic E-state index is 9.45. The maximum absolute atomic E-state index is 9.45. The second-order valence-electron chi connectivity index (χ2n) is 7.80. The number of nitriles is 1. The lowest BCUT2D eigenvalue weighted by atomic mass is 10.2. The monoisotopic (exact) mass is 356 g/mol. The summed E-state index contributed by atoms with van der Waals surface area (Å²) < 4.78 is 0. The van der Waals surface area contributed by atoms with E-state index in [0.29, 0.717) is 6.04 Å². The predicted octanol–water partition coefficient (Wildman–Crippen LogP) is 2.19. The van der Waals surface area contributed by atoms with E-state index in [-0.39, 0.29) is 5.70 Å². The van der Waals surface area contributed by atoms with E-state index < -0.39 is 0 Å². The van der Waals surface area contributed by atoms with E-state index in [0.717, 1.165) is 51.5 Å². The van der Waals surface area contributed by atoms with Gasteiger partial charge in [-0.15, -0.1) is 0 Å². The molecule has 0 aromatic heterocycles. The molecule has 3 fully saturated rings. The van der Waals surface area contributed by atoms with Gasteiger partial charge >= 0.3 is 5.70 Å². The van der Waals surface area contributed by atoms with Crippen molar-refractivity contribution in [2.24, 2.45) is 0 Å². The molecule has 6 nitrogen and oxygen atoms in total. The minimum Gasteiger partial charge on any atom is -0.365 e. The second kappa shape index (κ2) is 9.26. The van der Waals surface area contributed by atoms with Crippen molar-refractivity contribution in [3.8, 4) is 6.07 Å². The van der Waals surface area contributed by atoms with E-state index in [1.165, 1.54) is 45.3 Å². The first kappa shape index (κ1) is 19.0. The molecule has 6 heteroatoms. The number of hydrogen-bond acceptors (Lipinski definition) is 5. The third-order valence-corrected chi connectivity index (χ3v) is 6.12. The lowest BCUT2D eigenvalue weighted by Gasteiger charge is -2.29. The predicted molar refractivity (Wildman–Crippen MR) is 103 cm³/mol. The average Bonchev–Trinajstić information content (AvgIpc) is 3.38. The molecule has 1 atom stereocenters. The summed E-state index contributed by atoms with van der Waals surface area (Å²) in [6.45, 7) is 19.3. The molecule has 0 spiro atoms. The van der Waals surface area contributed by atoms with Crippen molar-refractivity contribution in [2.45, 2.75) is 45.1 Å². The SMILES string of the molecule is [C-]#[N+]/C(C#N)=C1\N(CCCN2CCCC2)CCN1CCN1CCCC1C. The first-order chi connectivity index (χ1) is 12.7. The average molecular weight is 357 g/mol. The van der Waals surface area contributed by atoms with Crippen LogP contribution >= 0.6 is 0 Å². The molecule has 142 valence electrons. The Bertz CT molecular complexity index is 564. The van der Waals surface area contributed by atoms with Gasteiger partial charge in [-0.1, -0.05) is 0 Å². The van der Waals surface area contributed by atoms with Crippen LogP contribution in [0, 0.1) is 17.9 Å². The van der Waals surface area contributed by atoms with Gasteiger partial charge in [0.1, 0.15) is 5.82 Å². The van der Waals surface area contributed by atoms with E-state index >= 15 is 0 Å². The van der Waals surface area contributed by atoms with Crippen molar-refractivity contribution >= 4 is 0 Å². The zero-order chi connectivity index (χ0) is 18.4. The fourth-order valence-electron chi connectivity index (χ4n) is 4.58. The Hall–Kier alpha value is -1.76. The molecule has 0 bridgehead atoms. The van der Waals surface area contributed by atoms with Crippen LogP contribution in [-0.4, -0.2) is 84.5 Å². The highest BCUT2D eigenvalue weighted by Crippen LogP contribution is 2.24. The van der Waals surface area contributed by atoms with E-state index in [2.05, 4.69) is 37.4 Å². The standard InChI is InChI=1S/C20H32N6/c1-18-7-5-11-24(18)13-14-26-16-15-25(20(26)19(17-21)22-2)12-6-10-23-8-3-4-9-23/h18H,3-16H2,1H3/b20-19+. The van der Waals surface area contributed by atoms with Crippen LogP contribution < -0.4 is 0 Å². The number of nitrogens with zero attached hydrogens (tertiary/aromatic N) is 6. The fraction of sp³-hybridized carbons (Fsp3) is 0.800. The van der Waals surface area contributed by atoms with Crippen LogP contribution in [0.4, 0.5) is 0 Å². The van der Waals surface area contributed by atoms with Crippen molar-refractivity contribution in [2.75, 3.05) is 58.9 Å². The molecule has 0 saturated carbocycles. The molecule has 3 aliphatic rings. The fourth-order valence-corrected chi connectivity index (χ4v) is 4.58. The van der Waals surface area contributed by atoms with E-state index in [4.69, 9.17) is 6.57 Å². The highest BCUT2D eigenvalue weighted by molar-refractivity contribution is 5.33. The molecule has 0 aliphatic carbocycles. The van der Waals surface area contributed by atoms with Crippen LogP contribution in [0.15, 0.2) is 11.5 Å². The quantitative estimate of drug-likeness (QED) is 0.517. The molecular weight excluding hydrogens is 324 g/mol. The first-order valence-electron chi connectivity index (χ1n) is 10.2. The Balaban J connectivity index is 1.57. The van der Waals surface area contributed by atoms with Gasteiger partial charge in [-0.3, -0.25) is 4.90 Å². The van der Waals surface area contributed by atoms with Gasteiger partial charge in [0, 0.05) is 38.8 Å². The summed E-state index contributed by atoms with van der Waals surface area (Å²) in [6, 6.07) is 2.80. The highest BCUT2D eigenvalue weighted by Gasteiger charge is 2.29. The smallest absolute Gasteiger partial charge is 0.300 e. The maximum Gasteiger partial charge on any atom is 0.300 e. The summed E-state index contributed by atoms with van der Waals surface area (Å²) in [7, 11) is 0. The molecule has 3 aliphatic heterocycles. The zero-order valence-corrected chi connectivity index (χ0v) is 16.2. The molecular formula is C20H32N6. The van der Waals surface area contributed by atoms with Crippen molar-refractivity contribution in [3.05, 3.63) is 22.9 Å². The molecule has 0 aromatic rings. The summed E-state index contributed by atoms with van der Waals surface area (Å²) in [6.07, 6.45) is 6.34. The molecule has 3 saturated heterocycles. The van der Waals surface area contributed by atoms with Gasteiger partial charge in [-0.25, -0.2) is 10.1 Å². The van der Waals surface area contributed by atoms with Crippen LogP contribution in [0.5, 0.6) is 0 Å². The second-order valence-corrected chi connectivity index (χ2v) is 7.80. The molecule has 0 aromatic carbocycles. The van der Waals surface area contributed by atoms with Crippen molar-refractivity contribution in [3.63, 3.8) is 0 Å². The summed E-state index contributed by atoms with van der Waals surface area (Å²) in [5.41, 5.74) is 0.262. The zero-order valence-electron chi connectivity index (χ0n) is 16.2. The Kier molecular flexibility index (Phi) is 6.77. The number of rotatable bonds is 7. The molecule has 0 amide bonds. The van der Waals surface area contributed by atoms with Gasteiger partial charge < -0.3 is 14.7 Å². The van der Waals surface area contributed by atoms with Crippen LogP contribution in [0.3, 0.4) is 0 Å². The summed E-state index contributed by atoms with van der Waals surface area (Å²) in [4.78, 5) is 13.2. The number of allylic oxidation sites excluding steroid dienone is 1. The molecule has 0 N–H and O–H groups in total. The van der Waals surface area contributed by atoms with Gasteiger partial charge in [-0.2, -0.15) is 0 Å². The lowest BCUT2D eigenvalue weighted by Crippen LogP contribution is -2.36. The van der Waals surface area contributed by atoms with Crippen LogP contribution in [-0.2, 0) is 0 Å². The Labute approximate surface area is 158 Å². The third-order valence-electron chi connectivity index (χ3n) is 6.12. The van der Waals surface area contributed by atoms with E-state index in [9.17, 15) is 5.26 Å². The van der Waals surface area contributed by atoms with E-state index in [1.807, 2.05) is 0 Å². The first-order valence-corrected chi connectivity index (χ1v) is 10.2. The summed E-state index contributed by atoms with van der Waals surface area (Å²) >= 11 is 0. The molecule has 1 unspecified atom stereocenters. The Morgan fingerprint density at radius 2 is 1.77 bits per heavy atom. The summed E-state index contributed by atoms with van der Waals surface area (Å²) in [5.74, 6) is 0.885. The third kappa shape index (κ3) is 4.50. The van der Waals surface area contributed by atoms with Gasteiger partial charge in [0.25, 0.3) is 0 Å². The Morgan fingerprint density at radius 3 is 2.38 bits per heavy atom. The number of hydrogen-bond donors (Lipinski definition) is 0. The molecule has 3 rings (SSSR count). The van der Waals surface area contributed by atoms with Gasteiger partial charge in [0.2, 0.25) is 0 Å². The normalized spacial score (nSPS) is 26.3. The van der Waals surface area contributed by atoms with Gasteiger partial charge in [-0.05, 0) is 65.2 Å². The minimum absolute atomic E-state index is 0.262. The van der Waals surface area contributed by atoms with Crippen molar-refractivity contribution < 1.29 is 0 Å². The molecule has 26 heavy (non-hydrogen) atoms. The lowest BCUT2D eigenvalue weighted by molar-refractivity contribution is 0.227. The van der Waals surface area contributed by atoms with Crippen LogP contribution in [0.1, 0.15) is 39.0 Å². The molecule has 0 radical (unpaired) electrons. The van der Waals surface area contributed by atoms with Gasteiger partial charge in [0.05, 0.1) is 12.6 Å². The van der Waals surface area contributed by atoms with Crippen LogP contribution in [0.25, 0.3) is 4.85 Å². The topological polar surface area (TPSA) is 41.1 Å². The number of likely N-dealkylation sites (tertiary alicyclic amines) is 2. The Morgan fingerprint density at radius 1 is 1.04 bits per heavy atom. The minimum atomic E-state index is 0.262. The van der Waals surface area contributed by atoms with Crippen molar-refractivity contribution in [1.82, 2.24) is 19.6 Å². The highest BCUT2D eigenvalue weighted by atomic mass is 15.4.